The summed E-state index contributed by atoms with van der Waals surface area (Å²) in [5.41, 5.74) is 0.271. The fraction of sp³-hybridized carbons (Fsp3) is 0.600. The molecule has 1 aliphatic rings. The molecule has 1 unspecified atom stereocenters. The summed E-state index contributed by atoms with van der Waals surface area (Å²) in [6.07, 6.45) is 4.38. The Kier molecular flexibility index (Phi) is 6.24. The molecule has 0 saturated carbocycles. The first-order valence-corrected chi connectivity index (χ1v) is 9.90. The molecule has 1 atom stereocenters. The molecule has 1 amide bonds. The third-order valence-corrected chi connectivity index (χ3v) is 4.72. The molecule has 9 heteroatoms. The van der Waals surface area contributed by atoms with Crippen LogP contribution in [0.1, 0.15) is 52.9 Å². The third-order valence-electron chi connectivity index (χ3n) is 4.72. The molecular formula is C20H27N3O6. The molecule has 2 aromatic rings. The first-order chi connectivity index (χ1) is 13.7. The minimum absolute atomic E-state index is 0.0446. The molecule has 1 fully saturated rings. The summed E-state index contributed by atoms with van der Waals surface area (Å²) in [5, 5.41) is 10.8. The van der Waals surface area contributed by atoms with Crippen molar-refractivity contribution in [3.63, 3.8) is 0 Å². The minimum atomic E-state index is -0.510. The minimum Gasteiger partial charge on any atom is -0.450 e. The number of fused-ring (bicyclic) bond motifs is 1. The van der Waals surface area contributed by atoms with Crippen LogP contribution < -0.4 is 4.74 Å². The van der Waals surface area contributed by atoms with Crippen molar-refractivity contribution < 1.29 is 23.6 Å². The Balaban J connectivity index is 1.51. The zero-order chi connectivity index (χ0) is 21.0. The number of piperidine rings is 1. The number of carbonyl (C=O) groups excluding carboxylic acids is 1. The van der Waals surface area contributed by atoms with Gasteiger partial charge in [-0.1, -0.05) is 0 Å². The molecule has 1 saturated heterocycles. The molecule has 0 radical (unpaired) electrons. The summed E-state index contributed by atoms with van der Waals surface area (Å²) >= 11 is 0. The second-order valence-corrected chi connectivity index (χ2v) is 8.20. The highest BCUT2D eigenvalue weighted by Crippen LogP contribution is 2.26. The van der Waals surface area contributed by atoms with Crippen molar-refractivity contribution in [3.05, 3.63) is 28.3 Å². The molecule has 1 aromatic heterocycles. The lowest BCUT2D eigenvalue weighted by Crippen LogP contribution is -2.46. The van der Waals surface area contributed by atoms with E-state index in [2.05, 4.69) is 4.98 Å². The average molecular weight is 405 g/mol. The maximum Gasteiger partial charge on any atom is 0.410 e. The first kappa shape index (κ1) is 20.9. The second-order valence-electron chi connectivity index (χ2n) is 8.20. The van der Waals surface area contributed by atoms with E-state index in [0.717, 1.165) is 32.1 Å². The number of rotatable bonds is 6. The number of nitro benzene ring substituents is 1. The van der Waals surface area contributed by atoms with Crippen LogP contribution in [-0.4, -0.2) is 45.7 Å². The number of oxazole rings is 1. The molecule has 158 valence electrons. The van der Waals surface area contributed by atoms with E-state index in [-0.39, 0.29) is 23.9 Å². The van der Waals surface area contributed by atoms with Crippen LogP contribution in [0, 0.1) is 10.1 Å². The molecule has 0 N–H and O–H groups in total. The molecule has 0 aliphatic carbocycles. The van der Waals surface area contributed by atoms with Crippen molar-refractivity contribution in [2.75, 3.05) is 13.2 Å². The lowest BCUT2D eigenvalue weighted by molar-refractivity contribution is -0.384. The summed E-state index contributed by atoms with van der Waals surface area (Å²) in [6, 6.07) is 4.36. The van der Waals surface area contributed by atoms with E-state index in [0.29, 0.717) is 24.3 Å². The Morgan fingerprint density at radius 3 is 2.90 bits per heavy atom. The zero-order valence-electron chi connectivity index (χ0n) is 17.1. The highest BCUT2D eigenvalue weighted by Gasteiger charge is 2.30. The van der Waals surface area contributed by atoms with E-state index in [4.69, 9.17) is 13.9 Å². The van der Waals surface area contributed by atoms with Gasteiger partial charge in [-0.15, -0.1) is 0 Å². The van der Waals surface area contributed by atoms with Crippen LogP contribution in [0.2, 0.25) is 0 Å². The van der Waals surface area contributed by atoms with Crippen molar-refractivity contribution in [1.82, 2.24) is 9.88 Å². The first-order valence-electron chi connectivity index (χ1n) is 9.90. The number of hydrogen-bond donors (Lipinski definition) is 0. The maximum atomic E-state index is 12.5. The van der Waals surface area contributed by atoms with Gasteiger partial charge in [-0.05, 0) is 58.9 Å². The van der Waals surface area contributed by atoms with Gasteiger partial charge in [0.1, 0.15) is 11.1 Å². The van der Waals surface area contributed by atoms with Gasteiger partial charge in [0.25, 0.3) is 5.69 Å². The van der Waals surface area contributed by atoms with E-state index >= 15 is 0 Å². The quantitative estimate of drug-likeness (QED) is 0.390. The SMILES string of the molecule is CC(C)(C)OC(=O)N1CCCCC1CCCOc1nc2cc([N+](=O)[O-])ccc2o1. The Bertz CT molecular complexity index is 873. The number of amides is 1. The number of likely N-dealkylation sites (tertiary alicyclic amines) is 1. The van der Waals surface area contributed by atoms with Crippen molar-refractivity contribution in [1.29, 1.82) is 0 Å². The highest BCUT2D eigenvalue weighted by molar-refractivity contribution is 5.75. The number of benzene rings is 1. The van der Waals surface area contributed by atoms with Gasteiger partial charge in [-0.25, -0.2) is 4.79 Å². The number of non-ortho nitro benzene ring substituents is 1. The topological polar surface area (TPSA) is 108 Å². The molecule has 1 aliphatic heterocycles. The van der Waals surface area contributed by atoms with Gasteiger partial charge in [-0.3, -0.25) is 10.1 Å². The Labute approximate surface area is 169 Å². The second kappa shape index (κ2) is 8.67. The predicted octanol–water partition coefficient (Wildman–Crippen LogP) is 4.68. The van der Waals surface area contributed by atoms with Crippen LogP contribution in [-0.2, 0) is 4.74 Å². The number of nitro groups is 1. The van der Waals surface area contributed by atoms with E-state index in [1.54, 1.807) is 0 Å². The molecule has 3 rings (SSSR count). The molecule has 1 aromatic carbocycles. The summed E-state index contributed by atoms with van der Waals surface area (Å²) in [5.74, 6) is 0. The third kappa shape index (κ3) is 5.58. The van der Waals surface area contributed by atoms with Crippen molar-refractivity contribution in [3.8, 4) is 6.08 Å². The number of aromatic nitrogens is 1. The summed E-state index contributed by atoms with van der Waals surface area (Å²) in [7, 11) is 0. The van der Waals surface area contributed by atoms with Crippen LogP contribution in [0.4, 0.5) is 10.5 Å². The van der Waals surface area contributed by atoms with Gasteiger partial charge >= 0.3 is 12.2 Å². The number of carbonyl (C=O) groups is 1. The van der Waals surface area contributed by atoms with Crippen molar-refractivity contribution in [2.24, 2.45) is 0 Å². The van der Waals surface area contributed by atoms with E-state index in [1.165, 1.54) is 18.2 Å². The standard InChI is InChI=1S/C20H27N3O6/c1-20(2,3)29-19(24)22-11-5-4-7-14(22)8-6-12-27-18-21-16-13-15(23(25)26)9-10-17(16)28-18/h9-10,13-14H,4-8,11-12H2,1-3H3. The molecule has 29 heavy (non-hydrogen) atoms. The Morgan fingerprint density at radius 2 is 2.17 bits per heavy atom. The number of ether oxygens (including phenoxy) is 2. The lowest BCUT2D eigenvalue weighted by Gasteiger charge is -2.36. The van der Waals surface area contributed by atoms with Gasteiger partial charge in [0.05, 0.1) is 11.5 Å². The lowest BCUT2D eigenvalue weighted by atomic mass is 9.98. The molecular weight excluding hydrogens is 378 g/mol. The fourth-order valence-electron chi connectivity index (χ4n) is 3.41. The van der Waals surface area contributed by atoms with Gasteiger partial charge in [0, 0.05) is 24.7 Å². The largest absolute Gasteiger partial charge is 0.450 e. The van der Waals surface area contributed by atoms with E-state index in [9.17, 15) is 14.9 Å². The average Bonchev–Trinajstić information content (AvgIpc) is 3.06. The van der Waals surface area contributed by atoms with Gasteiger partial charge in [0.2, 0.25) is 0 Å². The molecule has 0 bridgehead atoms. The summed E-state index contributed by atoms with van der Waals surface area (Å²) in [6.45, 7) is 6.70. The fourth-order valence-corrected chi connectivity index (χ4v) is 3.41. The van der Waals surface area contributed by atoms with Crippen molar-refractivity contribution in [2.45, 2.75) is 64.5 Å². The van der Waals surface area contributed by atoms with Crippen LogP contribution >= 0.6 is 0 Å². The maximum absolute atomic E-state index is 12.5. The number of nitrogens with zero attached hydrogens (tertiary/aromatic N) is 3. The molecule has 2 heterocycles. The number of hydrogen-bond acceptors (Lipinski definition) is 7. The van der Waals surface area contributed by atoms with Crippen LogP contribution in [0.5, 0.6) is 6.08 Å². The van der Waals surface area contributed by atoms with Gasteiger partial charge in [-0.2, -0.15) is 4.98 Å². The normalized spacial score (nSPS) is 17.3. The van der Waals surface area contributed by atoms with Crippen LogP contribution in [0.3, 0.4) is 0 Å². The van der Waals surface area contributed by atoms with Crippen molar-refractivity contribution >= 4 is 22.9 Å². The van der Waals surface area contributed by atoms with E-state index < -0.39 is 10.5 Å². The zero-order valence-corrected chi connectivity index (χ0v) is 17.1. The summed E-state index contributed by atoms with van der Waals surface area (Å²) in [4.78, 5) is 28.8. The van der Waals surface area contributed by atoms with Crippen LogP contribution in [0.15, 0.2) is 22.6 Å². The molecule has 0 spiro atoms. The Hall–Kier alpha value is -2.84. The van der Waals surface area contributed by atoms with E-state index in [1.807, 2.05) is 25.7 Å². The predicted molar refractivity (Wildman–Crippen MR) is 106 cm³/mol. The highest BCUT2D eigenvalue weighted by atomic mass is 16.6. The van der Waals surface area contributed by atoms with Gasteiger partial charge < -0.3 is 18.8 Å². The monoisotopic (exact) mass is 405 g/mol. The Morgan fingerprint density at radius 1 is 1.38 bits per heavy atom. The van der Waals surface area contributed by atoms with Gasteiger partial charge in [0.15, 0.2) is 5.58 Å². The molecule has 9 nitrogen and oxygen atoms in total. The van der Waals surface area contributed by atoms with Crippen LogP contribution in [0.25, 0.3) is 11.1 Å². The smallest absolute Gasteiger partial charge is 0.410 e. The summed E-state index contributed by atoms with van der Waals surface area (Å²) < 4.78 is 16.6.